The van der Waals surface area contributed by atoms with E-state index in [-0.39, 0.29) is 11.2 Å². The number of ether oxygens (including phenoxy) is 1. The van der Waals surface area contributed by atoms with Crippen molar-refractivity contribution < 1.29 is 13.9 Å². The van der Waals surface area contributed by atoms with Gasteiger partial charge >= 0.3 is 6.09 Å². The van der Waals surface area contributed by atoms with E-state index in [1.54, 1.807) is 26.8 Å². The molecule has 1 aromatic rings. The minimum atomic E-state index is -0.580. The lowest BCUT2D eigenvalue weighted by molar-refractivity contribution is 0.0635. The molecule has 0 spiro atoms. The number of benzene rings is 1. The number of hydrogen-bond donors (Lipinski definition) is 2. The van der Waals surface area contributed by atoms with Crippen LogP contribution in [0, 0.1) is 5.82 Å². The number of hydrogen-bond acceptors (Lipinski definition) is 3. The van der Waals surface area contributed by atoms with E-state index in [2.05, 4.69) is 5.32 Å². The summed E-state index contributed by atoms with van der Waals surface area (Å²) in [6, 6.07) is 4.42. The Bertz CT molecular complexity index is 546. The van der Waals surface area contributed by atoms with Gasteiger partial charge in [0.2, 0.25) is 0 Å². The van der Waals surface area contributed by atoms with Crippen molar-refractivity contribution in [2.45, 2.75) is 57.5 Å². The van der Waals surface area contributed by atoms with Crippen LogP contribution in [0.15, 0.2) is 18.2 Å². The fraction of sp³-hybridized carbons (Fsp3) is 0.588. The van der Waals surface area contributed by atoms with Crippen molar-refractivity contribution >= 4 is 11.8 Å². The van der Waals surface area contributed by atoms with Crippen molar-refractivity contribution in [1.82, 2.24) is 0 Å². The third kappa shape index (κ3) is 3.77. The first-order valence-corrected chi connectivity index (χ1v) is 7.76. The highest BCUT2D eigenvalue weighted by Crippen LogP contribution is 2.43. The summed E-state index contributed by atoms with van der Waals surface area (Å²) >= 11 is 0. The van der Waals surface area contributed by atoms with Crippen molar-refractivity contribution in [2.75, 3.05) is 11.9 Å². The first kappa shape index (κ1) is 16.7. The molecule has 1 saturated carbocycles. The van der Waals surface area contributed by atoms with Gasteiger partial charge in [0.05, 0.1) is 0 Å². The van der Waals surface area contributed by atoms with Crippen molar-refractivity contribution in [3.05, 3.63) is 29.6 Å². The van der Waals surface area contributed by atoms with E-state index in [9.17, 15) is 9.18 Å². The zero-order valence-electron chi connectivity index (χ0n) is 13.5. The molecule has 0 radical (unpaired) electrons. The van der Waals surface area contributed by atoms with Gasteiger partial charge in [-0.3, -0.25) is 5.32 Å². The van der Waals surface area contributed by atoms with Crippen LogP contribution in [0.1, 0.15) is 52.0 Å². The average molecular weight is 308 g/mol. The number of amides is 1. The Hall–Kier alpha value is -1.62. The number of halogens is 1. The summed E-state index contributed by atoms with van der Waals surface area (Å²) in [6.45, 7) is 5.85. The lowest BCUT2D eigenvalue weighted by Gasteiger charge is -2.30. The summed E-state index contributed by atoms with van der Waals surface area (Å²) in [6.07, 6.45) is 3.43. The Labute approximate surface area is 131 Å². The van der Waals surface area contributed by atoms with E-state index in [0.29, 0.717) is 12.2 Å². The number of carbonyl (C=O) groups excluding carboxylic acids is 1. The summed E-state index contributed by atoms with van der Waals surface area (Å²) in [4.78, 5) is 12.0. The minimum Gasteiger partial charge on any atom is -0.444 e. The van der Waals surface area contributed by atoms with Crippen LogP contribution in [0.5, 0.6) is 0 Å². The summed E-state index contributed by atoms with van der Waals surface area (Å²) in [5.74, 6) is -0.315. The monoisotopic (exact) mass is 308 g/mol. The van der Waals surface area contributed by atoms with Crippen LogP contribution in [-0.4, -0.2) is 18.2 Å². The number of rotatable bonds is 3. The molecule has 122 valence electrons. The number of anilines is 1. The van der Waals surface area contributed by atoms with Crippen LogP contribution in [0.3, 0.4) is 0 Å². The molecule has 1 aliphatic rings. The number of carbonyl (C=O) groups is 1. The third-order valence-electron chi connectivity index (χ3n) is 4.14. The van der Waals surface area contributed by atoms with E-state index < -0.39 is 11.7 Å². The predicted octanol–water partition coefficient (Wildman–Crippen LogP) is 3.94. The predicted molar refractivity (Wildman–Crippen MR) is 85.5 cm³/mol. The van der Waals surface area contributed by atoms with Gasteiger partial charge in [-0.2, -0.15) is 0 Å². The lowest BCUT2D eigenvalue weighted by Crippen LogP contribution is -2.34. The summed E-state index contributed by atoms with van der Waals surface area (Å²) in [5, 5.41) is 2.75. The van der Waals surface area contributed by atoms with Crippen LogP contribution in [0.25, 0.3) is 0 Å². The summed E-state index contributed by atoms with van der Waals surface area (Å²) in [5.41, 5.74) is 6.51. The topological polar surface area (TPSA) is 64.3 Å². The third-order valence-corrected chi connectivity index (χ3v) is 4.14. The normalized spacial score (nSPS) is 17.3. The fourth-order valence-corrected chi connectivity index (χ4v) is 3.11. The quantitative estimate of drug-likeness (QED) is 0.889. The fourth-order valence-electron chi connectivity index (χ4n) is 3.11. The Morgan fingerprint density at radius 3 is 2.55 bits per heavy atom. The molecule has 0 aliphatic heterocycles. The molecular weight excluding hydrogens is 283 g/mol. The molecule has 4 nitrogen and oxygen atoms in total. The van der Waals surface area contributed by atoms with Crippen molar-refractivity contribution in [2.24, 2.45) is 5.73 Å². The number of nitrogens with one attached hydrogen (secondary N) is 1. The van der Waals surface area contributed by atoms with Gasteiger partial charge in [0.1, 0.15) is 11.4 Å². The minimum absolute atomic E-state index is 0.257. The molecule has 0 aromatic heterocycles. The second kappa shape index (κ2) is 6.24. The van der Waals surface area contributed by atoms with Crippen LogP contribution in [0.4, 0.5) is 14.9 Å². The van der Waals surface area contributed by atoms with Crippen LogP contribution >= 0.6 is 0 Å². The van der Waals surface area contributed by atoms with Gasteiger partial charge in [-0.25, -0.2) is 9.18 Å². The molecule has 1 aliphatic carbocycles. The molecule has 2 rings (SSSR count). The van der Waals surface area contributed by atoms with E-state index in [1.807, 2.05) is 0 Å². The van der Waals surface area contributed by atoms with Gasteiger partial charge < -0.3 is 10.5 Å². The first-order valence-electron chi connectivity index (χ1n) is 7.76. The molecule has 5 heteroatoms. The summed E-state index contributed by atoms with van der Waals surface area (Å²) < 4.78 is 19.0. The van der Waals surface area contributed by atoms with Gasteiger partial charge in [0, 0.05) is 17.6 Å². The molecular formula is C17H25FN2O2. The Balaban J connectivity index is 2.30. The van der Waals surface area contributed by atoms with Crippen LogP contribution in [-0.2, 0) is 10.2 Å². The maximum atomic E-state index is 13.7. The maximum Gasteiger partial charge on any atom is 0.412 e. The van der Waals surface area contributed by atoms with E-state index in [4.69, 9.17) is 10.5 Å². The molecule has 1 aromatic carbocycles. The smallest absolute Gasteiger partial charge is 0.412 e. The van der Waals surface area contributed by atoms with Crippen molar-refractivity contribution in [3.63, 3.8) is 0 Å². The molecule has 0 bridgehead atoms. The molecule has 22 heavy (non-hydrogen) atoms. The van der Waals surface area contributed by atoms with E-state index >= 15 is 0 Å². The first-order chi connectivity index (χ1) is 10.3. The SMILES string of the molecule is CC(C)(C)OC(=O)Nc1ccc(F)cc1C1(CN)CCCC1. The van der Waals surface area contributed by atoms with Gasteiger partial charge in [0.15, 0.2) is 0 Å². The number of nitrogens with two attached hydrogens (primary N) is 1. The zero-order valence-corrected chi connectivity index (χ0v) is 13.5. The van der Waals surface area contributed by atoms with Crippen molar-refractivity contribution in [3.8, 4) is 0 Å². The molecule has 0 atom stereocenters. The van der Waals surface area contributed by atoms with Gasteiger partial charge in [0.25, 0.3) is 0 Å². The molecule has 1 amide bonds. The Kier molecular flexibility index (Phi) is 4.75. The molecule has 0 unspecified atom stereocenters. The summed E-state index contributed by atoms with van der Waals surface area (Å²) in [7, 11) is 0. The highest BCUT2D eigenvalue weighted by atomic mass is 19.1. The average Bonchev–Trinajstić information content (AvgIpc) is 2.88. The highest BCUT2D eigenvalue weighted by Gasteiger charge is 2.36. The van der Waals surface area contributed by atoms with Crippen LogP contribution in [0.2, 0.25) is 0 Å². The second-order valence-corrected chi connectivity index (χ2v) is 7.01. The molecule has 3 N–H and O–H groups in total. The largest absolute Gasteiger partial charge is 0.444 e. The standard InChI is InChI=1S/C17H25FN2O2/c1-16(2,3)22-15(21)20-14-7-6-12(18)10-13(14)17(11-19)8-4-5-9-17/h6-7,10H,4-5,8-9,11,19H2,1-3H3,(H,20,21). The van der Waals surface area contributed by atoms with Crippen molar-refractivity contribution in [1.29, 1.82) is 0 Å². The Morgan fingerprint density at radius 1 is 1.36 bits per heavy atom. The lowest BCUT2D eigenvalue weighted by atomic mass is 9.78. The molecule has 1 fully saturated rings. The van der Waals surface area contributed by atoms with Gasteiger partial charge in [-0.15, -0.1) is 0 Å². The van der Waals surface area contributed by atoms with Gasteiger partial charge in [-0.05, 0) is 57.4 Å². The van der Waals surface area contributed by atoms with Gasteiger partial charge in [-0.1, -0.05) is 12.8 Å². The molecule has 0 heterocycles. The second-order valence-electron chi connectivity index (χ2n) is 7.01. The molecule has 0 saturated heterocycles. The van der Waals surface area contributed by atoms with Crippen LogP contribution < -0.4 is 11.1 Å². The Morgan fingerprint density at radius 2 is 2.00 bits per heavy atom. The zero-order chi connectivity index (χ0) is 16.4. The van der Waals surface area contributed by atoms with E-state index in [0.717, 1.165) is 31.2 Å². The van der Waals surface area contributed by atoms with E-state index in [1.165, 1.54) is 12.1 Å². The maximum absolute atomic E-state index is 13.7. The highest BCUT2D eigenvalue weighted by molar-refractivity contribution is 5.86.